The number of fused-ring (bicyclic) bond motifs is 1. The molecule has 0 radical (unpaired) electrons. The molecular formula is C19H16F2N2O2S2. The van der Waals surface area contributed by atoms with Gasteiger partial charge in [0, 0.05) is 5.75 Å². The highest BCUT2D eigenvalue weighted by Gasteiger charge is 2.51. The zero-order valence-electron chi connectivity index (χ0n) is 14.3. The van der Waals surface area contributed by atoms with Crippen LogP contribution < -0.4 is 9.64 Å². The molecule has 140 valence electrons. The summed E-state index contributed by atoms with van der Waals surface area (Å²) in [6, 6.07) is 13.9. The molecule has 0 aromatic heterocycles. The van der Waals surface area contributed by atoms with Crippen molar-refractivity contribution in [3.05, 3.63) is 59.7 Å². The number of benzene rings is 2. The number of thiocarbonyl (C=S) groups is 1. The molecule has 2 aliphatic rings. The number of nitrogens with zero attached hydrogens (tertiary/aromatic N) is 2. The summed E-state index contributed by atoms with van der Waals surface area (Å²) < 4.78 is 30.1. The smallest absolute Gasteiger partial charge is 0.387 e. The third kappa shape index (κ3) is 3.17. The highest BCUT2D eigenvalue weighted by molar-refractivity contribution is 7.99. The van der Waals surface area contributed by atoms with E-state index in [9.17, 15) is 13.6 Å². The van der Waals surface area contributed by atoms with Gasteiger partial charge in [-0.25, -0.2) is 0 Å². The van der Waals surface area contributed by atoms with E-state index >= 15 is 0 Å². The number of rotatable bonds is 4. The molecule has 27 heavy (non-hydrogen) atoms. The first-order valence-corrected chi connectivity index (χ1v) is 9.81. The molecule has 0 saturated carbocycles. The van der Waals surface area contributed by atoms with Gasteiger partial charge in [-0.15, -0.1) is 11.8 Å². The largest absolute Gasteiger partial charge is 0.433 e. The first-order valence-electron chi connectivity index (χ1n) is 8.35. The average molecular weight is 406 g/mol. The number of alkyl halides is 2. The first kappa shape index (κ1) is 18.2. The van der Waals surface area contributed by atoms with Crippen LogP contribution >= 0.6 is 24.0 Å². The molecule has 2 saturated heterocycles. The topological polar surface area (TPSA) is 32.8 Å². The van der Waals surface area contributed by atoms with Crippen molar-refractivity contribution in [3.63, 3.8) is 0 Å². The van der Waals surface area contributed by atoms with Crippen LogP contribution in [0, 0.1) is 6.92 Å². The third-order valence-electron chi connectivity index (χ3n) is 4.60. The Morgan fingerprint density at radius 2 is 1.89 bits per heavy atom. The molecule has 0 bridgehead atoms. The van der Waals surface area contributed by atoms with Crippen LogP contribution in [0.2, 0.25) is 0 Å². The van der Waals surface area contributed by atoms with Gasteiger partial charge in [0.25, 0.3) is 5.91 Å². The van der Waals surface area contributed by atoms with Crippen LogP contribution in [0.4, 0.5) is 14.5 Å². The van der Waals surface area contributed by atoms with Crippen LogP contribution in [0.25, 0.3) is 0 Å². The summed E-state index contributed by atoms with van der Waals surface area (Å²) in [7, 11) is 0. The number of aryl methyl sites for hydroxylation is 1. The first-order chi connectivity index (χ1) is 13.0. The van der Waals surface area contributed by atoms with Crippen LogP contribution in [0.5, 0.6) is 5.75 Å². The van der Waals surface area contributed by atoms with Crippen molar-refractivity contribution in [3.8, 4) is 5.75 Å². The van der Waals surface area contributed by atoms with E-state index in [-0.39, 0.29) is 22.7 Å². The zero-order chi connectivity index (χ0) is 19.1. The second-order valence-electron chi connectivity index (χ2n) is 6.32. The van der Waals surface area contributed by atoms with Crippen molar-refractivity contribution in [2.24, 2.45) is 0 Å². The van der Waals surface area contributed by atoms with Gasteiger partial charge in [0.1, 0.15) is 17.2 Å². The maximum atomic E-state index is 13.0. The summed E-state index contributed by atoms with van der Waals surface area (Å²) in [5.74, 6) is 0.308. The van der Waals surface area contributed by atoms with Crippen molar-refractivity contribution in [2.45, 2.75) is 25.0 Å². The molecule has 8 heteroatoms. The summed E-state index contributed by atoms with van der Waals surface area (Å²) in [5, 5.41) is 0.228. The average Bonchev–Trinajstić information content (AvgIpc) is 3.17. The molecule has 0 aliphatic carbocycles. The molecule has 2 aromatic rings. The predicted molar refractivity (Wildman–Crippen MR) is 105 cm³/mol. The van der Waals surface area contributed by atoms with Gasteiger partial charge in [-0.3, -0.25) is 9.69 Å². The van der Waals surface area contributed by atoms with E-state index in [1.165, 1.54) is 11.0 Å². The number of carbonyl (C=O) groups is 1. The van der Waals surface area contributed by atoms with E-state index in [2.05, 4.69) is 4.74 Å². The monoisotopic (exact) mass is 406 g/mol. The van der Waals surface area contributed by atoms with Crippen LogP contribution in [0.3, 0.4) is 0 Å². The Labute approximate surface area is 165 Å². The van der Waals surface area contributed by atoms with Gasteiger partial charge < -0.3 is 9.64 Å². The van der Waals surface area contributed by atoms with E-state index in [4.69, 9.17) is 12.2 Å². The Bertz CT molecular complexity index is 892. The lowest BCUT2D eigenvalue weighted by Gasteiger charge is -2.26. The second-order valence-corrected chi connectivity index (χ2v) is 7.80. The fourth-order valence-corrected chi connectivity index (χ4v) is 5.25. The van der Waals surface area contributed by atoms with Gasteiger partial charge in [-0.2, -0.15) is 8.78 Å². The van der Waals surface area contributed by atoms with Crippen LogP contribution in [0.15, 0.2) is 48.5 Å². The highest BCUT2D eigenvalue weighted by Crippen LogP contribution is 2.47. The van der Waals surface area contributed by atoms with Crippen LogP contribution in [0.1, 0.15) is 16.5 Å². The standard InChI is InChI=1S/C19H16F2N2O2S2/c1-11-6-8-12(9-7-11)17-23-14(10-27-17)16(24)22(19(23)26)13-4-2-3-5-15(13)25-18(20)21/h2-9,14,17-18H,10H2,1H3/t14-,17+/m1/s1. The number of thioether (sulfide) groups is 1. The Morgan fingerprint density at radius 1 is 1.19 bits per heavy atom. The molecule has 4 nitrogen and oxygen atoms in total. The number of hydrogen-bond donors (Lipinski definition) is 0. The van der Waals surface area contributed by atoms with Crippen molar-refractivity contribution >= 4 is 40.7 Å². The van der Waals surface area contributed by atoms with Crippen molar-refractivity contribution in [1.82, 2.24) is 4.90 Å². The molecule has 0 unspecified atom stereocenters. The van der Waals surface area contributed by atoms with Gasteiger partial charge in [-0.05, 0) is 36.8 Å². The van der Waals surface area contributed by atoms with E-state index in [0.29, 0.717) is 10.9 Å². The summed E-state index contributed by atoms with van der Waals surface area (Å²) in [6.45, 7) is -0.965. The second kappa shape index (κ2) is 7.09. The molecule has 2 fully saturated rings. The third-order valence-corrected chi connectivity index (χ3v) is 6.32. The van der Waals surface area contributed by atoms with Crippen LogP contribution in [-0.2, 0) is 4.79 Å². The molecular weight excluding hydrogens is 390 g/mol. The van der Waals surface area contributed by atoms with Crippen molar-refractivity contribution < 1.29 is 18.3 Å². The van der Waals surface area contributed by atoms with Gasteiger partial charge in [0.05, 0.1) is 5.69 Å². The number of anilines is 1. The summed E-state index contributed by atoms with van der Waals surface area (Å²) in [6.07, 6.45) is 0. The van der Waals surface area contributed by atoms with E-state index in [0.717, 1.165) is 11.1 Å². The number of carbonyl (C=O) groups excluding carboxylic acids is 1. The van der Waals surface area contributed by atoms with E-state index in [1.54, 1.807) is 30.0 Å². The van der Waals surface area contributed by atoms with Crippen LogP contribution in [-0.4, -0.2) is 34.3 Å². The molecule has 2 atom stereocenters. The quantitative estimate of drug-likeness (QED) is 0.706. The Balaban J connectivity index is 1.68. The van der Waals surface area contributed by atoms with Gasteiger partial charge in [-0.1, -0.05) is 42.0 Å². The van der Waals surface area contributed by atoms with Crippen molar-refractivity contribution in [1.29, 1.82) is 0 Å². The number of hydrogen-bond acceptors (Lipinski definition) is 4. The molecule has 2 aromatic carbocycles. The summed E-state index contributed by atoms with van der Waals surface area (Å²) in [4.78, 5) is 16.2. The number of halogens is 2. The Hall–Kier alpha value is -2.19. The minimum absolute atomic E-state index is 0.0658. The fraction of sp³-hybridized carbons (Fsp3) is 0.263. The maximum absolute atomic E-state index is 13.0. The van der Waals surface area contributed by atoms with Gasteiger partial charge >= 0.3 is 6.61 Å². The molecule has 0 spiro atoms. The molecule has 0 N–H and O–H groups in total. The zero-order valence-corrected chi connectivity index (χ0v) is 16.0. The minimum Gasteiger partial charge on any atom is -0.433 e. The lowest BCUT2D eigenvalue weighted by Crippen LogP contribution is -2.34. The lowest BCUT2D eigenvalue weighted by atomic mass is 10.1. The Morgan fingerprint density at radius 3 is 2.59 bits per heavy atom. The number of para-hydroxylation sites is 2. The molecule has 2 heterocycles. The fourth-order valence-electron chi connectivity index (χ4n) is 3.34. The Kier molecular flexibility index (Phi) is 4.77. The minimum atomic E-state index is -2.98. The summed E-state index contributed by atoms with van der Waals surface area (Å²) >= 11 is 7.24. The maximum Gasteiger partial charge on any atom is 0.387 e. The number of amides is 1. The molecule has 2 aliphatic heterocycles. The predicted octanol–water partition coefficient (Wildman–Crippen LogP) is 4.34. The van der Waals surface area contributed by atoms with E-state index in [1.807, 2.05) is 36.1 Å². The normalized spacial score (nSPS) is 21.9. The molecule has 1 amide bonds. The number of ether oxygens (including phenoxy) is 1. The van der Waals surface area contributed by atoms with Gasteiger partial charge in [0.2, 0.25) is 0 Å². The summed E-state index contributed by atoms with van der Waals surface area (Å²) in [5.41, 5.74) is 2.45. The highest BCUT2D eigenvalue weighted by atomic mass is 32.2. The van der Waals surface area contributed by atoms with Gasteiger partial charge in [0.15, 0.2) is 5.11 Å². The lowest BCUT2D eigenvalue weighted by molar-refractivity contribution is -0.119. The SMILES string of the molecule is Cc1ccc([C@@H]2SC[C@@H]3C(=O)N(c4ccccc4OC(F)F)C(=S)N32)cc1. The van der Waals surface area contributed by atoms with Crippen molar-refractivity contribution in [2.75, 3.05) is 10.7 Å². The van der Waals surface area contributed by atoms with E-state index < -0.39 is 12.7 Å². The molecule has 4 rings (SSSR count).